The van der Waals surface area contributed by atoms with Crippen LogP contribution in [-0.4, -0.2) is 36.6 Å². The van der Waals surface area contributed by atoms with E-state index in [2.05, 4.69) is 36.2 Å². The summed E-state index contributed by atoms with van der Waals surface area (Å²) in [6, 6.07) is 8.36. The molecule has 1 aromatic heterocycles. The number of nitrogens with zero attached hydrogens (tertiary/aromatic N) is 2. The van der Waals surface area contributed by atoms with Gasteiger partial charge in [0.05, 0.1) is 23.1 Å². The second-order valence-electron chi connectivity index (χ2n) is 4.91. The second-order valence-corrected chi connectivity index (χ2v) is 4.91. The van der Waals surface area contributed by atoms with Crippen molar-refractivity contribution in [2.75, 3.05) is 31.7 Å². The van der Waals surface area contributed by atoms with E-state index < -0.39 is 0 Å². The summed E-state index contributed by atoms with van der Waals surface area (Å²) in [6.45, 7) is 3.10. The van der Waals surface area contributed by atoms with Gasteiger partial charge < -0.3 is 16.0 Å². The third-order valence-corrected chi connectivity index (χ3v) is 2.83. The van der Waals surface area contributed by atoms with Crippen molar-refractivity contribution >= 4 is 22.3 Å². The summed E-state index contributed by atoms with van der Waals surface area (Å²) in [4.78, 5) is 6.48. The highest BCUT2D eigenvalue weighted by molar-refractivity contribution is 5.96. The zero-order chi connectivity index (χ0) is 13.1. The minimum absolute atomic E-state index is 0.327. The Hall–Kier alpha value is -1.81. The Bertz CT molecular complexity index is 536. The van der Waals surface area contributed by atoms with Gasteiger partial charge in [0.15, 0.2) is 0 Å². The van der Waals surface area contributed by atoms with Crippen LogP contribution in [0, 0.1) is 0 Å². The van der Waals surface area contributed by atoms with Crippen molar-refractivity contribution in [2.45, 2.75) is 13.0 Å². The van der Waals surface area contributed by atoms with Gasteiger partial charge >= 0.3 is 0 Å². The first kappa shape index (κ1) is 12.6. The molecule has 0 aliphatic heterocycles. The van der Waals surface area contributed by atoms with E-state index in [1.807, 2.05) is 24.3 Å². The van der Waals surface area contributed by atoms with E-state index >= 15 is 0 Å². The predicted molar refractivity (Wildman–Crippen MR) is 77.8 cm³/mol. The number of aromatic nitrogens is 1. The number of hydrogen-bond acceptors (Lipinski definition) is 4. The average molecular weight is 244 g/mol. The molecule has 96 valence electrons. The van der Waals surface area contributed by atoms with E-state index in [0.29, 0.717) is 11.7 Å². The molecular weight excluding hydrogens is 224 g/mol. The van der Waals surface area contributed by atoms with Crippen molar-refractivity contribution in [2.24, 2.45) is 0 Å². The maximum Gasteiger partial charge on any atom is 0.0743 e. The molecule has 1 unspecified atom stereocenters. The molecule has 0 spiro atoms. The van der Waals surface area contributed by atoms with E-state index in [-0.39, 0.29) is 0 Å². The third-order valence-electron chi connectivity index (χ3n) is 2.83. The Morgan fingerprint density at radius 2 is 2.06 bits per heavy atom. The molecule has 1 atom stereocenters. The van der Waals surface area contributed by atoms with Crippen LogP contribution in [0.15, 0.2) is 30.5 Å². The first-order valence-electron chi connectivity index (χ1n) is 6.12. The van der Waals surface area contributed by atoms with Crippen molar-refractivity contribution in [1.82, 2.24) is 9.88 Å². The minimum atomic E-state index is 0.327. The van der Waals surface area contributed by atoms with Gasteiger partial charge in [-0.15, -0.1) is 0 Å². The van der Waals surface area contributed by atoms with Gasteiger partial charge in [-0.2, -0.15) is 0 Å². The van der Waals surface area contributed by atoms with Crippen LogP contribution in [0.1, 0.15) is 6.92 Å². The summed E-state index contributed by atoms with van der Waals surface area (Å²) in [5, 5.41) is 4.55. The number of fused-ring (bicyclic) bond motifs is 1. The van der Waals surface area contributed by atoms with Crippen LogP contribution in [0.2, 0.25) is 0 Å². The molecule has 0 aliphatic rings. The molecule has 0 bridgehead atoms. The molecule has 0 aliphatic carbocycles. The standard InChI is InChI=1S/C14H20N4/c1-10(9-18(2)3)17-14-11-6-4-5-7-13(11)16-8-12(14)15/h4-8,10H,9,15H2,1-3H3,(H,16,17). The van der Waals surface area contributed by atoms with Gasteiger partial charge in [-0.3, -0.25) is 4.98 Å². The number of anilines is 2. The quantitative estimate of drug-likeness (QED) is 0.865. The Balaban J connectivity index is 2.34. The Morgan fingerprint density at radius 1 is 1.33 bits per heavy atom. The summed E-state index contributed by atoms with van der Waals surface area (Å²) in [7, 11) is 4.12. The van der Waals surface area contributed by atoms with Crippen LogP contribution in [0.3, 0.4) is 0 Å². The van der Waals surface area contributed by atoms with Gasteiger partial charge in [-0.25, -0.2) is 0 Å². The lowest BCUT2D eigenvalue weighted by atomic mass is 10.1. The molecule has 2 rings (SSSR count). The zero-order valence-electron chi connectivity index (χ0n) is 11.1. The summed E-state index contributed by atoms with van der Waals surface area (Å²) in [5.74, 6) is 0. The summed E-state index contributed by atoms with van der Waals surface area (Å²) in [6.07, 6.45) is 1.72. The molecule has 0 saturated heterocycles. The largest absolute Gasteiger partial charge is 0.396 e. The summed E-state index contributed by atoms with van der Waals surface area (Å²) >= 11 is 0. The maximum atomic E-state index is 6.03. The van der Waals surface area contributed by atoms with Gasteiger partial charge in [-0.05, 0) is 27.1 Å². The van der Waals surface area contributed by atoms with Crippen molar-refractivity contribution in [3.63, 3.8) is 0 Å². The lowest BCUT2D eigenvalue weighted by molar-refractivity contribution is 0.392. The van der Waals surface area contributed by atoms with Crippen molar-refractivity contribution in [3.05, 3.63) is 30.5 Å². The molecular formula is C14H20N4. The highest BCUT2D eigenvalue weighted by atomic mass is 15.1. The smallest absolute Gasteiger partial charge is 0.0743 e. The van der Waals surface area contributed by atoms with Gasteiger partial charge in [0.1, 0.15) is 0 Å². The Kier molecular flexibility index (Phi) is 3.67. The Labute approximate surface area is 108 Å². The molecule has 2 aromatic rings. The number of pyridine rings is 1. The fraction of sp³-hybridized carbons (Fsp3) is 0.357. The van der Waals surface area contributed by atoms with Crippen LogP contribution < -0.4 is 11.1 Å². The lowest BCUT2D eigenvalue weighted by Crippen LogP contribution is -2.30. The number of benzene rings is 1. The highest BCUT2D eigenvalue weighted by Gasteiger charge is 2.09. The van der Waals surface area contributed by atoms with Crippen LogP contribution in [0.25, 0.3) is 10.9 Å². The first-order valence-corrected chi connectivity index (χ1v) is 6.12. The summed E-state index contributed by atoms with van der Waals surface area (Å²) < 4.78 is 0. The maximum absolute atomic E-state index is 6.03. The van der Waals surface area contributed by atoms with Crippen molar-refractivity contribution in [3.8, 4) is 0 Å². The lowest BCUT2D eigenvalue weighted by Gasteiger charge is -2.21. The average Bonchev–Trinajstić information content (AvgIpc) is 2.32. The molecule has 3 N–H and O–H groups in total. The van der Waals surface area contributed by atoms with Crippen LogP contribution in [0.4, 0.5) is 11.4 Å². The Morgan fingerprint density at radius 3 is 2.78 bits per heavy atom. The fourth-order valence-corrected chi connectivity index (χ4v) is 2.16. The normalized spacial score (nSPS) is 12.9. The number of nitrogens with two attached hydrogens (primary N) is 1. The number of rotatable bonds is 4. The number of para-hydroxylation sites is 1. The van der Waals surface area contributed by atoms with Gasteiger partial charge in [0.25, 0.3) is 0 Å². The van der Waals surface area contributed by atoms with Crippen molar-refractivity contribution in [1.29, 1.82) is 0 Å². The molecule has 1 aromatic carbocycles. The number of likely N-dealkylation sites (N-methyl/N-ethyl adjacent to an activating group) is 1. The van der Waals surface area contributed by atoms with Crippen molar-refractivity contribution < 1.29 is 0 Å². The van der Waals surface area contributed by atoms with Crippen LogP contribution in [0.5, 0.6) is 0 Å². The second kappa shape index (κ2) is 5.23. The van der Waals surface area contributed by atoms with E-state index in [0.717, 1.165) is 23.1 Å². The minimum Gasteiger partial charge on any atom is -0.396 e. The van der Waals surface area contributed by atoms with E-state index in [4.69, 9.17) is 5.73 Å². The SMILES string of the molecule is CC(CN(C)C)Nc1c(N)cnc2ccccc12. The summed E-state index contributed by atoms with van der Waals surface area (Å²) in [5.41, 5.74) is 8.67. The molecule has 0 radical (unpaired) electrons. The molecule has 0 fully saturated rings. The third kappa shape index (κ3) is 2.71. The number of nitrogens with one attached hydrogen (secondary N) is 1. The van der Waals surface area contributed by atoms with Gasteiger partial charge in [0, 0.05) is 18.0 Å². The van der Waals surface area contributed by atoms with E-state index in [1.165, 1.54) is 0 Å². The predicted octanol–water partition coefficient (Wildman–Crippen LogP) is 2.18. The fourth-order valence-electron chi connectivity index (χ4n) is 2.16. The highest BCUT2D eigenvalue weighted by Crippen LogP contribution is 2.28. The van der Waals surface area contributed by atoms with Gasteiger partial charge in [0.2, 0.25) is 0 Å². The molecule has 4 nitrogen and oxygen atoms in total. The number of nitrogen functional groups attached to an aromatic ring is 1. The van der Waals surface area contributed by atoms with E-state index in [9.17, 15) is 0 Å². The topological polar surface area (TPSA) is 54.2 Å². The van der Waals surface area contributed by atoms with Crippen LogP contribution >= 0.6 is 0 Å². The van der Waals surface area contributed by atoms with E-state index in [1.54, 1.807) is 6.20 Å². The molecule has 0 amide bonds. The van der Waals surface area contributed by atoms with Crippen LogP contribution in [-0.2, 0) is 0 Å². The monoisotopic (exact) mass is 244 g/mol. The number of hydrogen-bond donors (Lipinski definition) is 2. The molecule has 1 heterocycles. The first-order chi connectivity index (χ1) is 8.58. The zero-order valence-corrected chi connectivity index (χ0v) is 11.1. The van der Waals surface area contributed by atoms with Gasteiger partial charge in [-0.1, -0.05) is 18.2 Å². The molecule has 18 heavy (non-hydrogen) atoms. The molecule has 4 heteroatoms. The molecule has 0 saturated carbocycles.